The molecule has 0 saturated heterocycles. The summed E-state index contributed by atoms with van der Waals surface area (Å²) in [4.78, 5) is 4.06. The third-order valence-electron chi connectivity index (χ3n) is 1.23. The molecule has 0 saturated carbocycles. The van der Waals surface area contributed by atoms with Crippen molar-refractivity contribution in [2.45, 2.75) is 6.92 Å². The molecule has 2 heterocycles. The van der Waals surface area contributed by atoms with Gasteiger partial charge < -0.3 is 0 Å². The molecule has 0 atom stereocenters. The molecule has 0 aliphatic rings. The molecule has 0 radical (unpaired) electrons. The van der Waals surface area contributed by atoms with Crippen LogP contribution in [0.3, 0.4) is 0 Å². The third kappa shape index (κ3) is 1.51. The average Bonchev–Trinajstić information content (AvgIpc) is 2.55. The molecule has 2 rings (SSSR count). The van der Waals surface area contributed by atoms with Gasteiger partial charge in [0.05, 0.1) is 0 Å². The zero-order valence-corrected chi connectivity index (χ0v) is 8.74. The van der Waals surface area contributed by atoms with Crippen molar-refractivity contribution in [1.29, 1.82) is 0 Å². The Hall–Kier alpha value is -0.820. The minimum atomic E-state index is 0. The van der Waals surface area contributed by atoms with Crippen LogP contribution in [0.4, 0.5) is 0 Å². The second kappa shape index (κ2) is 3.72. The van der Waals surface area contributed by atoms with Gasteiger partial charge in [0.15, 0.2) is 5.82 Å². The minimum absolute atomic E-state index is 0. The fourth-order valence-electron chi connectivity index (χ4n) is 0.729. The van der Waals surface area contributed by atoms with E-state index in [-0.39, 0.29) is 17.0 Å². The summed E-state index contributed by atoms with van der Waals surface area (Å²) >= 11 is 1.50. The summed E-state index contributed by atoms with van der Waals surface area (Å²) in [6.07, 6.45) is 1.72. The van der Waals surface area contributed by atoms with Crippen molar-refractivity contribution in [3.8, 4) is 5.13 Å². The summed E-state index contributed by atoms with van der Waals surface area (Å²) in [5, 5.41) is 13.7. The van der Waals surface area contributed by atoms with Crippen LogP contribution in [-0.4, -0.2) is 25.2 Å². The highest BCUT2D eigenvalue weighted by Crippen LogP contribution is 2.09. The van der Waals surface area contributed by atoms with Crippen molar-refractivity contribution < 1.29 is 0 Å². The molecule has 64 valence electrons. The highest BCUT2D eigenvalue weighted by atomic mass is 79.9. The second-order valence-electron chi connectivity index (χ2n) is 1.95. The Morgan fingerprint density at radius 1 is 1.50 bits per heavy atom. The maximum atomic E-state index is 4.06. The van der Waals surface area contributed by atoms with E-state index < -0.39 is 0 Å². The Morgan fingerprint density at radius 3 is 2.83 bits per heavy atom. The predicted molar refractivity (Wildman–Crippen MR) is 49.9 cm³/mol. The molecule has 0 aliphatic heterocycles. The highest BCUT2D eigenvalue weighted by molar-refractivity contribution is 8.93. The standard InChI is InChI=1S/C5H5N5S.BrH/c1-4-7-8-9-10(4)5-6-2-3-11-5;/h2-3H,1H3;1H. The molecular weight excluding hydrogens is 242 g/mol. The number of aromatic nitrogens is 5. The normalized spacial score (nSPS) is 9.42. The number of hydrogen-bond acceptors (Lipinski definition) is 5. The summed E-state index contributed by atoms with van der Waals surface area (Å²) in [5.41, 5.74) is 0. The van der Waals surface area contributed by atoms with Gasteiger partial charge in [-0.2, -0.15) is 4.68 Å². The lowest BCUT2D eigenvalue weighted by Crippen LogP contribution is -1.97. The lowest BCUT2D eigenvalue weighted by molar-refractivity contribution is 0.774. The van der Waals surface area contributed by atoms with E-state index in [1.54, 1.807) is 10.9 Å². The number of rotatable bonds is 1. The summed E-state index contributed by atoms with van der Waals surface area (Å²) in [6.45, 7) is 1.83. The topological polar surface area (TPSA) is 56.5 Å². The van der Waals surface area contributed by atoms with Gasteiger partial charge >= 0.3 is 0 Å². The SMILES string of the molecule is Br.Cc1nnnn1-c1nccs1. The van der Waals surface area contributed by atoms with Crippen LogP contribution in [0, 0.1) is 6.92 Å². The van der Waals surface area contributed by atoms with Crippen LogP contribution in [0.2, 0.25) is 0 Å². The van der Waals surface area contributed by atoms with Gasteiger partial charge in [-0.3, -0.25) is 0 Å². The van der Waals surface area contributed by atoms with E-state index in [0.29, 0.717) is 0 Å². The summed E-state index contributed by atoms with van der Waals surface area (Å²) in [7, 11) is 0. The van der Waals surface area contributed by atoms with Gasteiger partial charge in [0.1, 0.15) is 0 Å². The van der Waals surface area contributed by atoms with Gasteiger partial charge in [-0.25, -0.2) is 4.98 Å². The monoisotopic (exact) mass is 247 g/mol. The van der Waals surface area contributed by atoms with Crippen LogP contribution in [0.25, 0.3) is 5.13 Å². The van der Waals surface area contributed by atoms with Crippen molar-refractivity contribution in [1.82, 2.24) is 25.2 Å². The number of halogens is 1. The molecule has 7 heteroatoms. The van der Waals surface area contributed by atoms with Crippen LogP contribution in [-0.2, 0) is 0 Å². The largest absolute Gasteiger partial charge is 0.227 e. The van der Waals surface area contributed by atoms with E-state index in [2.05, 4.69) is 20.5 Å². The molecule has 2 aromatic rings. The van der Waals surface area contributed by atoms with E-state index in [1.165, 1.54) is 11.3 Å². The first-order valence-electron chi connectivity index (χ1n) is 3.03. The van der Waals surface area contributed by atoms with Crippen LogP contribution in [0.5, 0.6) is 0 Å². The molecule has 12 heavy (non-hydrogen) atoms. The molecule has 5 nitrogen and oxygen atoms in total. The van der Waals surface area contributed by atoms with Gasteiger partial charge in [-0.1, -0.05) is 0 Å². The Labute approximate surface area is 83.2 Å². The van der Waals surface area contributed by atoms with Crippen LogP contribution in [0.15, 0.2) is 11.6 Å². The molecule has 0 amide bonds. The van der Waals surface area contributed by atoms with Crippen LogP contribution >= 0.6 is 28.3 Å². The van der Waals surface area contributed by atoms with Crippen LogP contribution < -0.4 is 0 Å². The molecule has 0 unspecified atom stereocenters. The van der Waals surface area contributed by atoms with E-state index in [0.717, 1.165) is 11.0 Å². The number of hydrogen-bond donors (Lipinski definition) is 0. The first kappa shape index (κ1) is 9.27. The number of aryl methyl sites for hydroxylation is 1. The van der Waals surface area contributed by atoms with Gasteiger partial charge in [0.25, 0.3) is 0 Å². The molecule has 0 spiro atoms. The smallest absolute Gasteiger partial charge is 0.213 e. The quantitative estimate of drug-likeness (QED) is 0.755. The molecule has 0 N–H and O–H groups in total. The van der Waals surface area contributed by atoms with Crippen molar-refractivity contribution >= 4 is 28.3 Å². The van der Waals surface area contributed by atoms with E-state index in [4.69, 9.17) is 0 Å². The van der Waals surface area contributed by atoms with Crippen molar-refractivity contribution in [2.24, 2.45) is 0 Å². The molecule has 2 aromatic heterocycles. The number of tetrazole rings is 1. The zero-order chi connectivity index (χ0) is 7.68. The number of nitrogens with zero attached hydrogens (tertiary/aromatic N) is 5. The first-order valence-corrected chi connectivity index (χ1v) is 3.91. The Balaban J connectivity index is 0.000000720. The Morgan fingerprint density at radius 2 is 2.33 bits per heavy atom. The van der Waals surface area contributed by atoms with Crippen molar-refractivity contribution in [3.05, 3.63) is 17.4 Å². The summed E-state index contributed by atoms with van der Waals surface area (Å²) < 4.78 is 1.60. The molecule has 0 fully saturated rings. The fraction of sp³-hybridized carbons (Fsp3) is 0.200. The van der Waals surface area contributed by atoms with E-state index in [1.807, 2.05) is 12.3 Å². The zero-order valence-electron chi connectivity index (χ0n) is 6.21. The second-order valence-corrected chi connectivity index (χ2v) is 2.83. The highest BCUT2D eigenvalue weighted by Gasteiger charge is 2.03. The van der Waals surface area contributed by atoms with Crippen LogP contribution in [0.1, 0.15) is 5.82 Å². The molecule has 0 aromatic carbocycles. The van der Waals surface area contributed by atoms with Crippen molar-refractivity contribution in [3.63, 3.8) is 0 Å². The van der Waals surface area contributed by atoms with E-state index >= 15 is 0 Å². The Bertz CT molecular complexity index is 342. The van der Waals surface area contributed by atoms with Gasteiger partial charge in [-0.05, 0) is 17.4 Å². The fourth-order valence-corrected chi connectivity index (χ4v) is 1.36. The van der Waals surface area contributed by atoms with Gasteiger partial charge in [0, 0.05) is 11.6 Å². The minimum Gasteiger partial charge on any atom is -0.227 e. The molecule has 0 bridgehead atoms. The predicted octanol–water partition coefficient (Wildman–Crippen LogP) is 1.01. The van der Waals surface area contributed by atoms with Gasteiger partial charge in [0.2, 0.25) is 5.13 Å². The molecular formula is C5H6BrN5S. The van der Waals surface area contributed by atoms with E-state index in [9.17, 15) is 0 Å². The average molecular weight is 248 g/mol. The number of thiazole rings is 1. The first-order chi connectivity index (χ1) is 5.38. The van der Waals surface area contributed by atoms with Gasteiger partial charge in [-0.15, -0.1) is 33.4 Å². The third-order valence-corrected chi connectivity index (χ3v) is 1.97. The Kier molecular flexibility index (Phi) is 2.88. The maximum Gasteiger partial charge on any atom is 0.213 e. The lowest BCUT2D eigenvalue weighted by Gasteiger charge is -1.91. The summed E-state index contributed by atoms with van der Waals surface area (Å²) in [5.74, 6) is 0.750. The van der Waals surface area contributed by atoms with Crippen molar-refractivity contribution in [2.75, 3.05) is 0 Å². The molecule has 0 aliphatic carbocycles. The summed E-state index contributed by atoms with van der Waals surface area (Å²) in [6, 6.07) is 0. The lowest BCUT2D eigenvalue weighted by atomic mass is 10.7. The maximum absolute atomic E-state index is 4.06.